The minimum atomic E-state index is 0. The molecule has 0 aliphatic carbocycles. The maximum absolute atomic E-state index is 5.72. The number of methoxy groups -OCH3 is 1. The highest BCUT2D eigenvalue weighted by atomic mass is 127. The molecule has 130 valence electrons. The van der Waals surface area contributed by atoms with Gasteiger partial charge in [-0.05, 0) is 43.0 Å². The van der Waals surface area contributed by atoms with Crippen LogP contribution in [-0.2, 0) is 0 Å². The normalized spacial score (nSPS) is 18.1. The molecule has 5 nitrogen and oxygen atoms in total. The van der Waals surface area contributed by atoms with E-state index in [0.717, 1.165) is 43.0 Å². The van der Waals surface area contributed by atoms with Gasteiger partial charge in [-0.3, -0.25) is 4.99 Å². The van der Waals surface area contributed by atoms with E-state index in [2.05, 4.69) is 22.1 Å². The number of nitrogens with one attached hydrogen (secondary N) is 1. The summed E-state index contributed by atoms with van der Waals surface area (Å²) in [4.78, 5) is 6.71. The Morgan fingerprint density at radius 3 is 2.61 bits per heavy atom. The van der Waals surface area contributed by atoms with Gasteiger partial charge in [-0.2, -0.15) is 0 Å². The van der Waals surface area contributed by atoms with Crippen LogP contribution >= 0.6 is 24.0 Å². The number of likely N-dealkylation sites (tertiary alicyclic amines) is 1. The molecule has 1 fully saturated rings. The smallest absolute Gasteiger partial charge is 0.193 e. The van der Waals surface area contributed by atoms with Crippen molar-refractivity contribution < 1.29 is 9.47 Å². The van der Waals surface area contributed by atoms with Gasteiger partial charge < -0.3 is 19.7 Å². The van der Waals surface area contributed by atoms with Crippen molar-refractivity contribution in [1.82, 2.24) is 10.2 Å². The summed E-state index contributed by atoms with van der Waals surface area (Å²) in [6.07, 6.45) is 2.55. The molecule has 1 heterocycles. The minimum Gasteiger partial charge on any atom is -0.497 e. The van der Waals surface area contributed by atoms with Crippen molar-refractivity contribution >= 4 is 29.9 Å². The van der Waals surface area contributed by atoms with E-state index in [9.17, 15) is 0 Å². The third-order valence-corrected chi connectivity index (χ3v) is 3.88. The Bertz CT molecular complexity index is 479. The van der Waals surface area contributed by atoms with Crippen LogP contribution in [-0.4, -0.2) is 51.3 Å². The molecule has 0 spiro atoms. The number of rotatable bonds is 5. The SMILES string of the molecule is CN=C(NCCOc1ccc(OC)cc1)N1CCCC(C)C1.I. The van der Waals surface area contributed by atoms with Crippen molar-refractivity contribution in [3.8, 4) is 11.5 Å². The van der Waals surface area contributed by atoms with Gasteiger partial charge >= 0.3 is 0 Å². The molecule has 1 aliphatic rings. The fraction of sp³-hybridized carbons (Fsp3) is 0.588. The Balaban J connectivity index is 0.00000264. The molecule has 1 aromatic rings. The number of aliphatic imine (C=N–C) groups is 1. The van der Waals surface area contributed by atoms with E-state index in [0.29, 0.717) is 6.61 Å². The topological polar surface area (TPSA) is 46.1 Å². The second-order valence-electron chi connectivity index (χ2n) is 5.69. The van der Waals surface area contributed by atoms with Crippen molar-refractivity contribution in [3.63, 3.8) is 0 Å². The summed E-state index contributed by atoms with van der Waals surface area (Å²) in [6, 6.07) is 7.63. The third-order valence-electron chi connectivity index (χ3n) is 3.88. The lowest BCUT2D eigenvalue weighted by atomic mass is 10.0. The standard InChI is InChI=1S/C17H27N3O2.HI/c1-14-5-4-11-20(13-14)17(18-2)19-10-12-22-16-8-6-15(21-3)7-9-16;/h6-9,14H,4-5,10-13H2,1-3H3,(H,18,19);1H. The molecular weight excluding hydrogens is 405 g/mol. The van der Waals surface area contributed by atoms with Crippen LogP contribution in [0.4, 0.5) is 0 Å². The van der Waals surface area contributed by atoms with Gasteiger partial charge in [0.1, 0.15) is 18.1 Å². The average Bonchev–Trinajstić information content (AvgIpc) is 2.55. The van der Waals surface area contributed by atoms with E-state index in [1.54, 1.807) is 7.11 Å². The molecule has 1 N–H and O–H groups in total. The van der Waals surface area contributed by atoms with E-state index in [1.807, 2.05) is 31.3 Å². The number of hydrogen-bond acceptors (Lipinski definition) is 3. The number of benzene rings is 1. The van der Waals surface area contributed by atoms with E-state index in [-0.39, 0.29) is 24.0 Å². The molecule has 23 heavy (non-hydrogen) atoms. The fourth-order valence-electron chi connectivity index (χ4n) is 2.72. The zero-order valence-electron chi connectivity index (χ0n) is 14.2. The van der Waals surface area contributed by atoms with E-state index in [4.69, 9.17) is 9.47 Å². The Morgan fingerprint density at radius 1 is 1.30 bits per heavy atom. The first-order valence-corrected chi connectivity index (χ1v) is 7.95. The molecular formula is C17H28IN3O2. The molecule has 1 saturated heterocycles. The highest BCUT2D eigenvalue weighted by Gasteiger charge is 2.18. The van der Waals surface area contributed by atoms with Crippen LogP contribution in [0.25, 0.3) is 0 Å². The van der Waals surface area contributed by atoms with Crippen molar-refractivity contribution in [2.24, 2.45) is 10.9 Å². The van der Waals surface area contributed by atoms with Crippen molar-refractivity contribution in [3.05, 3.63) is 24.3 Å². The van der Waals surface area contributed by atoms with Crippen LogP contribution in [0.15, 0.2) is 29.3 Å². The van der Waals surface area contributed by atoms with Gasteiger partial charge in [-0.25, -0.2) is 0 Å². The summed E-state index contributed by atoms with van der Waals surface area (Å²) in [5.74, 6) is 3.40. The average molecular weight is 433 g/mol. The Morgan fingerprint density at radius 2 is 2.00 bits per heavy atom. The van der Waals surface area contributed by atoms with Gasteiger partial charge in [0, 0.05) is 20.1 Å². The van der Waals surface area contributed by atoms with Gasteiger partial charge in [0.05, 0.1) is 13.7 Å². The lowest BCUT2D eigenvalue weighted by Crippen LogP contribution is -2.47. The predicted octanol–water partition coefficient (Wildman–Crippen LogP) is 3.00. The van der Waals surface area contributed by atoms with Crippen molar-refractivity contribution in [2.45, 2.75) is 19.8 Å². The number of guanidine groups is 1. The summed E-state index contributed by atoms with van der Waals surface area (Å²) in [7, 11) is 3.50. The summed E-state index contributed by atoms with van der Waals surface area (Å²) in [6.45, 7) is 5.81. The molecule has 1 aliphatic heterocycles. The maximum Gasteiger partial charge on any atom is 0.193 e. The molecule has 1 atom stereocenters. The summed E-state index contributed by atoms with van der Waals surface area (Å²) < 4.78 is 10.8. The Labute approximate surface area is 156 Å². The predicted molar refractivity (Wildman–Crippen MR) is 105 cm³/mol. The second kappa shape index (κ2) is 10.6. The number of piperidine rings is 1. The Hall–Kier alpha value is -1.18. The van der Waals surface area contributed by atoms with Crippen LogP contribution in [0, 0.1) is 5.92 Å². The third kappa shape index (κ3) is 6.45. The number of hydrogen-bond donors (Lipinski definition) is 1. The molecule has 6 heteroatoms. The lowest BCUT2D eigenvalue weighted by molar-refractivity contribution is 0.262. The first kappa shape index (κ1) is 19.9. The summed E-state index contributed by atoms with van der Waals surface area (Å²) >= 11 is 0. The van der Waals surface area contributed by atoms with Crippen LogP contribution < -0.4 is 14.8 Å². The molecule has 0 amide bonds. The molecule has 0 saturated carbocycles. The van der Waals surface area contributed by atoms with Crippen LogP contribution in [0.3, 0.4) is 0 Å². The van der Waals surface area contributed by atoms with Crippen LogP contribution in [0.5, 0.6) is 11.5 Å². The minimum absolute atomic E-state index is 0. The monoisotopic (exact) mass is 433 g/mol. The zero-order chi connectivity index (χ0) is 15.8. The molecule has 0 bridgehead atoms. The van der Waals surface area contributed by atoms with E-state index in [1.165, 1.54) is 12.8 Å². The fourth-order valence-corrected chi connectivity index (χ4v) is 2.72. The molecule has 0 aromatic heterocycles. The van der Waals surface area contributed by atoms with Crippen LogP contribution in [0.2, 0.25) is 0 Å². The van der Waals surface area contributed by atoms with Gasteiger partial charge in [-0.1, -0.05) is 6.92 Å². The van der Waals surface area contributed by atoms with Crippen molar-refractivity contribution in [2.75, 3.05) is 40.4 Å². The first-order chi connectivity index (χ1) is 10.7. The zero-order valence-corrected chi connectivity index (χ0v) is 16.6. The van der Waals surface area contributed by atoms with E-state index >= 15 is 0 Å². The van der Waals surface area contributed by atoms with Gasteiger partial charge in [0.15, 0.2) is 5.96 Å². The molecule has 0 radical (unpaired) electrons. The number of nitrogens with zero attached hydrogens (tertiary/aromatic N) is 2. The van der Waals surface area contributed by atoms with Crippen molar-refractivity contribution in [1.29, 1.82) is 0 Å². The van der Waals surface area contributed by atoms with E-state index < -0.39 is 0 Å². The summed E-state index contributed by atoms with van der Waals surface area (Å²) in [5, 5.41) is 3.38. The van der Waals surface area contributed by atoms with Gasteiger partial charge in [0.2, 0.25) is 0 Å². The van der Waals surface area contributed by atoms with Gasteiger partial charge in [-0.15, -0.1) is 24.0 Å². The van der Waals surface area contributed by atoms with Crippen LogP contribution in [0.1, 0.15) is 19.8 Å². The highest BCUT2D eigenvalue weighted by Crippen LogP contribution is 2.17. The largest absolute Gasteiger partial charge is 0.497 e. The summed E-state index contributed by atoms with van der Waals surface area (Å²) in [5.41, 5.74) is 0. The molecule has 2 rings (SSSR count). The number of ether oxygens (including phenoxy) is 2. The molecule has 1 unspecified atom stereocenters. The quantitative estimate of drug-likeness (QED) is 0.336. The molecule has 1 aromatic carbocycles. The second-order valence-corrected chi connectivity index (χ2v) is 5.69. The van der Waals surface area contributed by atoms with Gasteiger partial charge in [0.25, 0.3) is 0 Å². The lowest BCUT2D eigenvalue weighted by Gasteiger charge is -2.33. The number of halogens is 1. The first-order valence-electron chi connectivity index (χ1n) is 7.95. The Kier molecular flexibility index (Phi) is 9.13. The highest BCUT2D eigenvalue weighted by molar-refractivity contribution is 14.0. The maximum atomic E-state index is 5.72.